The molecular weight excluding hydrogens is 535 g/mol. The quantitative estimate of drug-likeness (QED) is 0.323. The summed E-state index contributed by atoms with van der Waals surface area (Å²) in [6.45, 7) is 3.40. The van der Waals surface area contributed by atoms with E-state index in [9.17, 15) is 19.1 Å². The average molecular weight is 563 g/mol. The van der Waals surface area contributed by atoms with Crippen LogP contribution in [0.4, 0.5) is 4.39 Å². The molecule has 0 spiro atoms. The van der Waals surface area contributed by atoms with Gasteiger partial charge in [0.05, 0.1) is 11.3 Å². The van der Waals surface area contributed by atoms with E-state index in [1.807, 2.05) is 30.3 Å². The number of hydrogen-bond acceptors (Lipinski definition) is 7. The van der Waals surface area contributed by atoms with Crippen molar-refractivity contribution in [3.8, 4) is 11.3 Å². The molecule has 1 amide bonds. The third-order valence-electron chi connectivity index (χ3n) is 6.94. The average Bonchev–Trinajstić information content (AvgIpc) is 3.29. The van der Waals surface area contributed by atoms with Gasteiger partial charge in [-0.25, -0.2) is 13.9 Å². The van der Waals surface area contributed by atoms with E-state index in [1.165, 1.54) is 10.6 Å². The van der Waals surface area contributed by atoms with Gasteiger partial charge < -0.3 is 10.4 Å². The van der Waals surface area contributed by atoms with Gasteiger partial charge in [0.1, 0.15) is 17.1 Å². The highest BCUT2D eigenvalue weighted by atomic mass is 19.1. The highest BCUT2D eigenvalue weighted by molar-refractivity contribution is 6.16. The lowest BCUT2D eigenvalue weighted by atomic mass is 9.95. The van der Waals surface area contributed by atoms with Crippen LogP contribution in [0.3, 0.4) is 0 Å². The molecule has 10 heteroatoms. The van der Waals surface area contributed by atoms with E-state index in [4.69, 9.17) is 0 Å². The molecule has 0 radical (unpaired) electrons. The van der Waals surface area contributed by atoms with Crippen LogP contribution in [0, 0.1) is 5.82 Å². The zero-order valence-corrected chi connectivity index (χ0v) is 23.0. The van der Waals surface area contributed by atoms with Crippen LogP contribution in [0.2, 0.25) is 0 Å². The van der Waals surface area contributed by atoms with Crippen LogP contribution in [-0.2, 0) is 17.6 Å². The van der Waals surface area contributed by atoms with Gasteiger partial charge in [0.2, 0.25) is 0 Å². The van der Waals surface area contributed by atoms with Crippen molar-refractivity contribution < 1.29 is 19.1 Å². The van der Waals surface area contributed by atoms with Gasteiger partial charge in [0.15, 0.2) is 17.6 Å². The van der Waals surface area contributed by atoms with Crippen molar-refractivity contribution in [1.82, 2.24) is 24.9 Å². The normalized spacial score (nSPS) is 15.2. The van der Waals surface area contributed by atoms with Crippen molar-refractivity contribution in [2.45, 2.75) is 38.5 Å². The van der Waals surface area contributed by atoms with Crippen LogP contribution in [-0.4, -0.2) is 53.9 Å². The second-order valence-electron chi connectivity index (χ2n) is 10.8. The molecule has 2 N–H and O–H groups in total. The zero-order valence-electron chi connectivity index (χ0n) is 23.0. The predicted molar refractivity (Wildman–Crippen MR) is 155 cm³/mol. The minimum absolute atomic E-state index is 0.143. The van der Waals surface area contributed by atoms with Crippen LogP contribution < -0.4 is 5.32 Å². The molecule has 42 heavy (non-hydrogen) atoms. The van der Waals surface area contributed by atoms with E-state index in [0.29, 0.717) is 40.2 Å². The summed E-state index contributed by atoms with van der Waals surface area (Å²) in [5.41, 5.74) is 2.88. The van der Waals surface area contributed by atoms with Crippen molar-refractivity contribution in [2.75, 3.05) is 0 Å². The Kier molecular flexibility index (Phi) is 6.91. The number of nitrogens with one attached hydrogen (secondary N) is 1. The Bertz CT molecular complexity index is 1840. The van der Waals surface area contributed by atoms with E-state index < -0.39 is 29.3 Å². The minimum Gasteiger partial charge on any atom is -0.390 e. The first-order valence-corrected chi connectivity index (χ1v) is 13.4. The van der Waals surface area contributed by atoms with E-state index in [1.54, 1.807) is 62.8 Å². The molecule has 9 nitrogen and oxygen atoms in total. The van der Waals surface area contributed by atoms with Gasteiger partial charge in [-0.1, -0.05) is 42.5 Å². The molecule has 0 aliphatic carbocycles. The number of hydrogen-bond donors (Lipinski definition) is 2. The Morgan fingerprint density at radius 3 is 2.60 bits per heavy atom. The second-order valence-corrected chi connectivity index (χ2v) is 10.8. The number of pyridine rings is 1. The van der Waals surface area contributed by atoms with Crippen LogP contribution in [0.15, 0.2) is 90.3 Å². The maximum atomic E-state index is 14.9. The number of aliphatic imine (C=N–C) groups is 1. The third kappa shape index (κ3) is 5.31. The number of aliphatic hydroxyl groups is 1. The topological polar surface area (TPSA) is 122 Å². The number of Topliss-reactive ketones (excluding diaryl/α,β-unsaturated/α-hetero) is 1. The number of benzene rings is 2. The second kappa shape index (κ2) is 10.7. The maximum absolute atomic E-state index is 14.9. The van der Waals surface area contributed by atoms with Crippen molar-refractivity contribution >= 4 is 23.0 Å². The van der Waals surface area contributed by atoms with Gasteiger partial charge in [-0.2, -0.15) is 5.10 Å². The highest BCUT2D eigenvalue weighted by Crippen LogP contribution is 2.27. The molecule has 1 aliphatic rings. The number of ketones is 1. The number of aromatic nitrogens is 4. The van der Waals surface area contributed by atoms with E-state index in [0.717, 1.165) is 0 Å². The molecule has 3 aromatic heterocycles. The molecule has 0 saturated carbocycles. The smallest absolute Gasteiger partial charge is 0.259 e. The monoisotopic (exact) mass is 562 g/mol. The Labute approximate surface area is 240 Å². The summed E-state index contributed by atoms with van der Waals surface area (Å²) in [5.74, 6) is -1.57. The summed E-state index contributed by atoms with van der Waals surface area (Å²) in [7, 11) is 0. The molecule has 0 fully saturated rings. The summed E-state index contributed by atoms with van der Waals surface area (Å²) in [6, 6.07) is 19.0. The Hall–Kier alpha value is -5.09. The van der Waals surface area contributed by atoms with E-state index >= 15 is 0 Å². The van der Waals surface area contributed by atoms with Gasteiger partial charge >= 0.3 is 0 Å². The van der Waals surface area contributed by atoms with Crippen molar-refractivity contribution in [1.29, 1.82) is 0 Å². The molecule has 5 aromatic rings. The lowest BCUT2D eigenvalue weighted by Gasteiger charge is -2.16. The van der Waals surface area contributed by atoms with E-state index in [-0.39, 0.29) is 23.2 Å². The number of rotatable bonds is 6. The molecule has 0 bridgehead atoms. The van der Waals surface area contributed by atoms with Crippen LogP contribution in [0.1, 0.15) is 46.6 Å². The summed E-state index contributed by atoms with van der Waals surface area (Å²) in [6.07, 6.45) is 3.63. The number of halogens is 1. The Balaban J connectivity index is 1.40. The zero-order chi connectivity index (χ0) is 29.4. The highest BCUT2D eigenvalue weighted by Gasteiger charge is 2.31. The molecule has 2 aromatic carbocycles. The number of fused-ring (bicyclic) bond motifs is 2. The first-order chi connectivity index (χ1) is 20.2. The Morgan fingerprint density at radius 2 is 1.86 bits per heavy atom. The van der Waals surface area contributed by atoms with E-state index in [2.05, 4.69) is 25.4 Å². The molecule has 4 heterocycles. The predicted octanol–water partition coefficient (Wildman–Crippen LogP) is 3.96. The number of nitrogens with zero attached hydrogens (tertiary/aromatic N) is 5. The largest absolute Gasteiger partial charge is 0.390 e. The lowest BCUT2D eigenvalue weighted by Crippen LogP contribution is -2.40. The van der Waals surface area contributed by atoms with Gasteiger partial charge in [-0.15, -0.1) is 0 Å². The van der Waals surface area contributed by atoms with Gasteiger partial charge in [-0.05, 0) is 38.1 Å². The number of carbonyl (C=O) groups excluding carboxylic acids is 2. The standard InChI is InChI=1S/C32H27FN6O3/c1-32(2,42)17-21-13-12-20(18-35-21)28-26(30-34-14-7-15-39(30)38-28)31(41)37-29-25(40)16-23-22(10-6-11-24(23)33)27(36-29)19-8-4-3-5-9-19/h3-15,18,29,42H,16-17H2,1-2H3,(H,37,41)/t29-/m1/s1. The van der Waals surface area contributed by atoms with Crippen LogP contribution >= 0.6 is 0 Å². The molecule has 0 saturated heterocycles. The fraction of sp³-hybridized carbons (Fsp3) is 0.188. The third-order valence-corrected chi connectivity index (χ3v) is 6.94. The van der Waals surface area contributed by atoms with Gasteiger partial charge in [-0.3, -0.25) is 19.6 Å². The molecule has 6 rings (SSSR count). The fourth-order valence-corrected chi connectivity index (χ4v) is 5.05. The van der Waals surface area contributed by atoms with Crippen molar-refractivity contribution in [3.63, 3.8) is 0 Å². The van der Waals surface area contributed by atoms with Crippen LogP contribution in [0.25, 0.3) is 16.9 Å². The van der Waals surface area contributed by atoms with Gasteiger partial charge in [0.25, 0.3) is 5.91 Å². The maximum Gasteiger partial charge on any atom is 0.259 e. The number of carbonyl (C=O) groups is 2. The fourth-order valence-electron chi connectivity index (χ4n) is 5.05. The van der Waals surface area contributed by atoms with Crippen molar-refractivity contribution in [2.24, 2.45) is 4.99 Å². The molecule has 0 unspecified atom stereocenters. The Morgan fingerprint density at radius 1 is 1.05 bits per heavy atom. The lowest BCUT2D eigenvalue weighted by molar-refractivity contribution is -0.120. The summed E-state index contributed by atoms with van der Waals surface area (Å²) in [5, 5.41) is 17.5. The summed E-state index contributed by atoms with van der Waals surface area (Å²) < 4.78 is 16.4. The molecule has 1 aliphatic heterocycles. The van der Waals surface area contributed by atoms with Gasteiger partial charge in [0, 0.05) is 59.4 Å². The molecular formula is C32H27FN6O3. The first kappa shape index (κ1) is 27.1. The van der Waals surface area contributed by atoms with Crippen LogP contribution in [0.5, 0.6) is 0 Å². The molecule has 1 atom stereocenters. The molecule has 210 valence electrons. The first-order valence-electron chi connectivity index (χ1n) is 13.4. The number of amides is 1. The summed E-state index contributed by atoms with van der Waals surface area (Å²) in [4.78, 5) is 40.8. The SMILES string of the molecule is CC(C)(O)Cc1ccc(-c2nn3cccnc3c2C(=O)N[C@H]2N=C(c3ccccc3)c3cccc(F)c3CC2=O)cn1. The minimum atomic E-state index is -1.28. The summed E-state index contributed by atoms with van der Waals surface area (Å²) >= 11 is 0. The van der Waals surface area contributed by atoms with Crippen molar-refractivity contribution in [3.05, 3.63) is 119 Å².